The molecule has 0 atom stereocenters. The van der Waals surface area contributed by atoms with Crippen LogP contribution in [0.25, 0.3) is 11.0 Å². The number of para-hydroxylation sites is 1. The highest BCUT2D eigenvalue weighted by atomic mass is 16.4. The van der Waals surface area contributed by atoms with E-state index in [9.17, 15) is 19.5 Å². The smallest absolute Gasteiger partial charge is 0.336 e. The van der Waals surface area contributed by atoms with Crippen molar-refractivity contribution in [3.8, 4) is 0 Å². The fourth-order valence-corrected chi connectivity index (χ4v) is 2.92. The summed E-state index contributed by atoms with van der Waals surface area (Å²) in [5.74, 6) is -1.41. The van der Waals surface area contributed by atoms with Gasteiger partial charge in [0.05, 0.1) is 22.2 Å². The van der Waals surface area contributed by atoms with Gasteiger partial charge in [-0.15, -0.1) is 0 Å². The Kier molecular flexibility index (Phi) is 4.14. The van der Waals surface area contributed by atoms with Crippen LogP contribution in [0.3, 0.4) is 0 Å². The average molecular weight is 339 g/mol. The van der Waals surface area contributed by atoms with Gasteiger partial charge in [0.2, 0.25) is 0 Å². The predicted octanol–water partition coefficient (Wildman–Crippen LogP) is 1.51. The van der Waals surface area contributed by atoms with E-state index in [0.717, 1.165) is 0 Å². The largest absolute Gasteiger partial charge is 0.478 e. The number of hydrogen-bond donors (Lipinski definition) is 2. The Hall–Kier alpha value is -3.35. The summed E-state index contributed by atoms with van der Waals surface area (Å²) in [5, 5.41) is 11.9. The summed E-state index contributed by atoms with van der Waals surface area (Å²) < 4.78 is 2.90. The molecule has 1 heterocycles. The summed E-state index contributed by atoms with van der Waals surface area (Å²) >= 11 is 0. The van der Waals surface area contributed by atoms with Gasteiger partial charge in [0.1, 0.15) is 0 Å². The molecule has 128 valence electrons. The molecule has 7 heteroatoms. The molecule has 3 rings (SSSR count). The van der Waals surface area contributed by atoms with Gasteiger partial charge in [0.15, 0.2) is 0 Å². The first kappa shape index (κ1) is 16.5. The molecule has 0 saturated carbocycles. The van der Waals surface area contributed by atoms with E-state index in [-0.39, 0.29) is 23.7 Å². The maximum Gasteiger partial charge on any atom is 0.336 e. The highest BCUT2D eigenvalue weighted by molar-refractivity contribution is 6.05. The molecular weight excluding hydrogens is 322 g/mol. The summed E-state index contributed by atoms with van der Waals surface area (Å²) in [4.78, 5) is 35.9. The summed E-state index contributed by atoms with van der Waals surface area (Å²) in [6.45, 7) is 0.0818. The zero-order chi connectivity index (χ0) is 18.1. The van der Waals surface area contributed by atoms with E-state index in [0.29, 0.717) is 22.2 Å². The summed E-state index contributed by atoms with van der Waals surface area (Å²) in [6, 6.07) is 11.6. The van der Waals surface area contributed by atoms with Crippen molar-refractivity contribution in [2.24, 2.45) is 14.1 Å². The van der Waals surface area contributed by atoms with Crippen LogP contribution in [-0.2, 0) is 20.6 Å². The molecule has 0 saturated heterocycles. The van der Waals surface area contributed by atoms with Crippen LogP contribution in [0.2, 0.25) is 0 Å². The van der Waals surface area contributed by atoms with E-state index in [2.05, 4.69) is 5.32 Å². The molecule has 25 heavy (non-hydrogen) atoms. The second kappa shape index (κ2) is 6.27. The molecule has 2 N–H and O–H groups in total. The number of carboxylic acids is 1. The van der Waals surface area contributed by atoms with E-state index < -0.39 is 5.97 Å². The minimum atomic E-state index is -1.04. The number of benzene rings is 2. The second-order valence-electron chi connectivity index (χ2n) is 5.72. The van der Waals surface area contributed by atoms with Crippen LogP contribution in [0.15, 0.2) is 47.3 Å². The first-order chi connectivity index (χ1) is 11.9. The number of carboxylic acid groups (broad SMARTS) is 1. The molecule has 1 aromatic heterocycles. The van der Waals surface area contributed by atoms with Crippen LogP contribution in [-0.4, -0.2) is 26.1 Å². The van der Waals surface area contributed by atoms with Crippen molar-refractivity contribution in [2.75, 3.05) is 0 Å². The van der Waals surface area contributed by atoms with Gasteiger partial charge in [0, 0.05) is 20.6 Å². The minimum Gasteiger partial charge on any atom is -0.478 e. The summed E-state index contributed by atoms with van der Waals surface area (Å²) in [5.41, 5.74) is 2.01. The molecule has 3 aromatic rings. The lowest BCUT2D eigenvalue weighted by atomic mass is 10.1. The van der Waals surface area contributed by atoms with E-state index in [1.54, 1.807) is 50.5 Å². The topological polar surface area (TPSA) is 93.3 Å². The number of carbonyl (C=O) groups excluding carboxylic acids is 1. The number of aromatic carboxylic acids is 1. The van der Waals surface area contributed by atoms with E-state index in [1.165, 1.54) is 15.2 Å². The Morgan fingerprint density at radius 1 is 1.00 bits per heavy atom. The second-order valence-corrected chi connectivity index (χ2v) is 5.72. The van der Waals surface area contributed by atoms with Gasteiger partial charge < -0.3 is 10.4 Å². The third-order valence-corrected chi connectivity index (χ3v) is 4.22. The molecule has 0 aliphatic heterocycles. The SMILES string of the molecule is Cn1c(=O)n(C)c2c(C(=O)NCc3ccccc3C(=O)O)cccc21. The Labute approximate surface area is 143 Å². The van der Waals surface area contributed by atoms with Crippen LogP contribution in [0.1, 0.15) is 26.3 Å². The van der Waals surface area contributed by atoms with Crippen LogP contribution < -0.4 is 11.0 Å². The highest BCUT2D eigenvalue weighted by Gasteiger charge is 2.17. The summed E-state index contributed by atoms with van der Waals surface area (Å²) in [7, 11) is 3.26. The number of amides is 1. The lowest BCUT2D eigenvalue weighted by molar-refractivity contribution is 0.0694. The highest BCUT2D eigenvalue weighted by Crippen LogP contribution is 2.17. The maximum atomic E-state index is 12.6. The van der Waals surface area contributed by atoms with Crippen molar-refractivity contribution < 1.29 is 14.7 Å². The van der Waals surface area contributed by atoms with Crippen LogP contribution in [0.4, 0.5) is 0 Å². The fourth-order valence-electron chi connectivity index (χ4n) is 2.92. The Morgan fingerprint density at radius 3 is 2.40 bits per heavy atom. The van der Waals surface area contributed by atoms with Crippen LogP contribution in [0, 0.1) is 0 Å². The van der Waals surface area contributed by atoms with Gasteiger partial charge in [-0.2, -0.15) is 0 Å². The Bertz CT molecular complexity index is 1050. The van der Waals surface area contributed by atoms with Crippen molar-refractivity contribution in [3.05, 3.63) is 69.6 Å². The monoisotopic (exact) mass is 339 g/mol. The van der Waals surface area contributed by atoms with Crippen molar-refractivity contribution in [3.63, 3.8) is 0 Å². The number of carbonyl (C=O) groups is 2. The number of hydrogen-bond acceptors (Lipinski definition) is 3. The van der Waals surface area contributed by atoms with Gasteiger partial charge >= 0.3 is 11.7 Å². The van der Waals surface area contributed by atoms with Crippen molar-refractivity contribution in [1.29, 1.82) is 0 Å². The first-order valence-electron chi connectivity index (χ1n) is 7.65. The molecule has 0 aliphatic carbocycles. The molecule has 1 amide bonds. The van der Waals surface area contributed by atoms with Crippen molar-refractivity contribution in [1.82, 2.24) is 14.5 Å². The van der Waals surface area contributed by atoms with Crippen molar-refractivity contribution >= 4 is 22.9 Å². The van der Waals surface area contributed by atoms with Crippen molar-refractivity contribution in [2.45, 2.75) is 6.54 Å². The van der Waals surface area contributed by atoms with Gasteiger partial charge in [-0.05, 0) is 23.8 Å². The minimum absolute atomic E-state index is 0.0818. The number of imidazole rings is 1. The first-order valence-corrected chi connectivity index (χ1v) is 7.65. The number of nitrogens with zero attached hydrogens (tertiary/aromatic N) is 2. The zero-order valence-electron chi connectivity index (χ0n) is 13.8. The van der Waals surface area contributed by atoms with Gasteiger partial charge in [-0.25, -0.2) is 9.59 Å². The zero-order valence-corrected chi connectivity index (χ0v) is 13.8. The number of rotatable bonds is 4. The van der Waals surface area contributed by atoms with Gasteiger partial charge in [-0.1, -0.05) is 24.3 Å². The van der Waals surface area contributed by atoms with E-state index in [1.807, 2.05) is 0 Å². The molecular formula is C18H17N3O4. The number of nitrogens with one attached hydrogen (secondary N) is 1. The third kappa shape index (κ3) is 2.80. The molecule has 7 nitrogen and oxygen atoms in total. The van der Waals surface area contributed by atoms with Gasteiger partial charge in [-0.3, -0.25) is 13.9 Å². The molecule has 0 unspecified atom stereocenters. The Balaban J connectivity index is 1.93. The Morgan fingerprint density at radius 2 is 1.68 bits per heavy atom. The molecule has 0 aliphatic rings. The van der Waals surface area contributed by atoms with E-state index >= 15 is 0 Å². The standard InChI is InChI=1S/C18H17N3O4/c1-20-14-9-5-8-13(15(14)21(2)18(20)25)16(22)19-10-11-6-3-4-7-12(11)17(23)24/h3-9H,10H2,1-2H3,(H,19,22)(H,23,24). The molecule has 2 aromatic carbocycles. The molecule has 0 spiro atoms. The number of fused-ring (bicyclic) bond motifs is 1. The third-order valence-electron chi connectivity index (χ3n) is 4.22. The predicted molar refractivity (Wildman–Crippen MR) is 92.7 cm³/mol. The number of aromatic nitrogens is 2. The van der Waals surface area contributed by atoms with Crippen LogP contribution in [0.5, 0.6) is 0 Å². The van der Waals surface area contributed by atoms with Gasteiger partial charge in [0.25, 0.3) is 5.91 Å². The lowest BCUT2D eigenvalue weighted by Gasteiger charge is -2.09. The lowest BCUT2D eigenvalue weighted by Crippen LogP contribution is -2.25. The number of aryl methyl sites for hydroxylation is 2. The van der Waals surface area contributed by atoms with Crippen LogP contribution >= 0.6 is 0 Å². The maximum absolute atomic E-state index is 12.6. The molecule has 0 radical (unpaired) electrons. The molecule has 0 bridgehead atoms. The summed E-state index contributed by atoms with van der Waals surface area (Å²) in [6.07, 6.45) is 0. The quantitative estimate of drug-likeness (QED) is 0.753. The van der Waals surface area contributed by atoms with E-state index in [4.69, 9.17) is 0 Å². The normalized spacial score (nSPS) is 10.8. The molecule has 0 fully saturated rings. The fraction of sp³-hybridized carbons (Fsp3) is 0.167. The average Bonchev–Trinajstić information content (AvgIpc) is 2.84.